The van der Waals surface area contributed by atoms with Crippen molar-refractivity contribution in [1.29, 1.82) is 0 Å². The van der Waals surface area contributed by atoms with Gasteiger partial charge in [0.1, 0.15) is 0 Å². The standard InChI is InChI=1S/C11H17NO2S/c1-6-4-15-5-9(6)12-3-7-2-8(12)10(7)11(13)14/h6-10H,2-5H2,1H3,(H,13,14). The van der Waals surface area contributed by atoms with Crippen LogP contribution in [0.15, 0.2) is 0 Å². The molecule has 3 nitrogen and oxygen atoms in total. The van der Waals surface area contributed by atoms with Crippen molar-refractivity contribution in [2.24, 2.45) is 17.8 Å². The summed E-state index contributed by atoms with van der Waals surface area (Å²) in [5.74, 6) is 3.02. The van der Waals surface area contributed by atoms with Crippen LogP contribution in [0.1, 0.15) is 13.3 Å². The molecule has 0 aromatic rings. The molecular weight excluding hydrogens is 210 g/mol. The average molecular weight is 227 g/mol. The lowest BCUT2D eigenvalue weighted by atomic mass is 9.74. The molecule has 0 aromatic heterocycles. The summed E-state index contributed by atoms with van der Waals surface area (Å²) >= 11 is 2.02. The van der Waals surface area contributed by atoms with Gasteiger partial charge in [0, 0.05) is 24.4 Å². The molecule has 0 aromatic carbocycles. The lowest BCUT2D eigenvalue weighted by Crippen LogP contribution is -2.47. The van der Waals surface area contributed by atoms with Crippen molar-refractivity contribution in [3.63, 3.8) is 0 Å². The van der Waals surface area contributed by atoms with E-state index in [2.05, 4.69) is 11.8 Å². The highest BCUT2D eigenvalue weighted by Gasteiger charge is 2.57. The average Bonchev–Trinajstić information content (AvgIpc) is 2.73. The molecule has 5 unspecified atom stereocenters. The number of thioether (sulfide) groups is 1. The van der Waals surface area contributed by atoms with Gasteiger partial charge in [-0.25, -0.2) is 0 Å². The largest absolute Gasteiger partial charge is 0.481 e. The molecule has 3 aliphatic heterocycles. The van der Waals surface area contributed by atoms with Gasteiger partial charge >= 0.3 is 5.97 Å². The van der Waals surface area contributed by atoms with E-state index < -0.39 is 5.97 Å². The second-order valence-corrected chi connectivity index (χ2v) is 6.28. The van der Waals surface area contributed by atoms with Gasteiger partial charge in [-0.05, 0) is 24.0 Å². The third kappa shape index (κ3) is 1.34. The molecule has 4 fully saturated rings. The van der Waals surface area contributed by atoms with Crippen LogP contribution in [0.5, 0.6) is 0 Å². The maximum Gasteiger partial charge on any atom is 0.308 e. The number of hydrogen-bond donors (Lipinski definition) is 1. The zero-order valence-corrected chi connectivity index (χ0v) is 9.74. The van der Waals surface area contributed by atoms with Crippen molar-refractivity contribution in [3.05, 3.63) is 0 Å². The van der Waals surface area contributed by atoms with Crippen molar-refractivity contribution < 1.29 is 9.90 Å². The van der Waals surface area contributed by atoms with E-state index in [1.807, 2.05) is 11.8 Å². The molecule has 4 rings (SSSR count). The number of rotatable bonds is 2. The van der Waals surface area contributed by atoms with Gasteiger partial charge in [0.05, 0.1) is 5.92 Å². The Balaban J connectivity index is 1.73. The molecule has 5 atom stereocenters. The fraction of sp³-hybridized carbons (Fsp3) is 0.909. The third-order valence-corrected chi connectivity index (χ3v) is 5.71. The number of nitrogens with zero attached hydrogens (tertiary/aromatic N) is 1. The summed E-state index contributed by atoms with van der Waals surface area (Å²) in [5, 5.41) is 9.11. The molecule has 1 N–H and O–H groups in total. The third-order valence-electron chi connectivity index (χ3n) is 4.38. The maximum absolute atomic E-state index is 11.1. The molecular formula is C11H17NO2S. The second-order valence-electron chi connectivity index (χ2n) is 5.21. The summed E-state index contributed by atoms with van der Waals surface area (Å²) in [6.45, 7) is 3.34. The van der Waals surface area contributed by atoms with Gasteiger partial charge < -0.3 is 5.11 Å². The van der Waals surface area contributed by atoms with Gasteiger partial charge in [-0.1, -0.05) is 6.92 Å². The van der Waals surface area contributed by atoms with Crippen LogP contribution in [0.4, 0.5) is 0 Å². The van der Waals surface area contributed by atoms with Crippen molar-refractivity contribution >= 4 is 17.7 Å². The Morgan fingerprint density at radius 3 is 2.73 bits per heavy atom. The van der Waals surface area contributed by atoms with Crippen LogP contribution < -0.4 is 0 Å². The first-order valence-electron chi connectivity index (χ1n) is 5.74. The van der Waals surface area contributed by atoms with Crippen molar-refractivity contribution in [3.8, 4) is 0 Å². The zero-order chi connectivity index (χ0) is 10.6. The number of fused-ring (bicyclic) bond motifs is 1. The topological polar surface area (TPSA) is 40.5 Å². The number of carboxylic acid groups (broad SMARTS) is 1. The summed E-state index contributed by atoms with van der Waals surface area (Å²) in [6, 6.07) is 1.01. The van der Waals surface area contributed by atoms with Gasteiger partial charge in [0.2, 0.25) is 0 Å². The first kappa shape index (κ1) is 9.97. The molecule has 0 amide bonds. The molecule has 0 spiro atoms. The van der Waals surface area contributed by atoms with E-state index >= 15 is 0 Å². The Morgan fingerprint density at radius 2 is 2.20 bits per heavy atom. The van der Waals surface area contributed by atoms with Gasteiger partial charge in [-0.15, -0.1) is 0 Å². The van der Waals surface area contributed by atoms with Gasteiger partial charge in [-0.2, -0.15) is 11.8 Å². The Bertz CT molecular complexity index is 296. The minimum absolute atomic E-state index is 0.0530. The fourth-order valence-electron chi connectivity index (χ4n) is 3.48. The summed E-state index contributed by atoms with van der Waals surface area (Å²) in [6.07, 6.45) is 1.13. The second kappa shape index (κ2) is 3.39. The molecule has 1 aliphatic carbocycles. The predicted molar refractivity (Wildman–Crippen MR) is 60.0 cm³/mol. The highest BCUT2D eigenvalue weighted by atomic mass is 32.2. The quantitative estimate of drug-likeness (QED) is 0.768. The maximum atomic E-state index is 11.1. The molecule has 84 valence electrons. The van der Waals surface area contributed by atoms with Gasteiger partial charge in [0.25, 0.3) is 0 Å². The molecule has 1 saturated carbocycles. The summed E-state index contributed by atoms with van der Waals surface area (Å²) < 4.78 is 0. The normalized spacial score (nSPS) is 49.3. The summed E-state index contributed by atoms with van der Waals surface area (Å²) in [7, 11) is 0. The van der Waals surface area contributed by atoms with Crippen LogP contribution in [-0.2, 0) is 4.79 Å². The highest BCUT2D eigenvalue weighted by molar-refractivity contribution is 7.99. The first-order chi connectivity index (χ1) is 7.18. The first-order valence-corrected chi connectivity index (χ1v) is 6.90. The SMILES string of the molecule is CC1CSCC1N1CC2CC1C2C(=O)O. The van der Waals surface area contributed by atoms with Crippen LogP contribution in [0.2, 0.25) is 0 Å². The van der Waals surface area contributed by atoms with Gasteiger partial charge in [-0.3, -0.25) is 9.69 Å². The smallest absolute Gasteiger partial charge is 0.308 e. The van der Waals surface area contributed by atoms with E-state index in [0.717, 1.165) is 18.9 Å². The number of carbonyl (C=O) groups is 1. The molecule has 15 heavy (non-hydrogen) atoms. The molecule has 3 saturated heterocycles. The number of aliphatic carboxylic acids is 1. The van der Waals surface area contributed by atoms with E-state index in [1.165, 1.54) is 11.5 Å². The van der Waals surface area contributed by atoms with E-state index in [0.29, 0.717) is 18.0 Å². The Labute approximate surface area is 94.2 Å². The Hall–Kier alpha value is -0.220. The predicted octanol–water partition coefficient (Wildman–Crippen LogP) is 1.14. The van der Waals surface area contributed by atoms with E-state index in [4.69, 9.17) is 5.11 Å². The number of carboxylic acids is 1. The van der Waals surface area contributed by atoms with Gasteiger partial charge in [0.15, 0.2) is 0 Å². The minimum Gasteiger partial charge on any atom is -0.481 e. The van der Waals surface area contributed by atoms with Crippen LogP contribution in [0, 0.1) is 17.8 Å². The van der Waals surface area contributed by atoms with Crippen LogP contribution in [-0.4, -0.2) is 46.1 Å². The minimum atomic E-state index is -0.572. The van der Waals surface area contributed by atoms with Crippen LogP contribution in [0.25, 0.3) is 0 Å². The lowest BCUT2D eigenvalue weighted by Gasteiger charge is -2.36. The Kier molecular flexibility index (Phi) is 2.25. The molecule has 4 aliphatic rings. The van der Waals surface area contributed by atoms with Crippen molar-refractivity contribution in [2.75, 3.05) is 18.1 Å². The molecule has 3 heterocycles. The van der Waals surface area contributed by atoms with Crippen LogP contribution in [0.3, 0.4) is 0 Å². The summed E-state index contributed by atoms with van der Waals surface area (Å²) in [5.41, 5.74) is 0. The monoisotopic (exact) mass is 227 g/mol. The van der Waals surface area contributed by atoms with Crippen molar-refractivity contribution in [1.82, 2.24) is 4.90 Å². The molecule has 0 radical (unpaired) electrons. The lowest BCUT2D eigenvalue weighted by molar-refractivity contribution is -0.147. The number of hydrogen-bond acceptors (Lipinski definition) is 3. The van der Waals surface area contributed by atoms with E-state index in [9.17, 15) is 4.79 Å². The zero-order valence-electron chi connectivity index (χ0n) is 8.93. The summed E-state index contributed by atoms with van der Waals surface area (Å²) in [4.78, 5) is 13.5. The molecule has 4 heteroatoms. The van der Waals surface area contributed by atoms with Crippen LogP contribution >= 0.6 is 11.8 Å². The Morgan fingerprint density at radius 1 is 1.40 bits per heavy atom. The highest BCUT2D eigenvalue weighted by Crippen LogP contribution is 2.49. The molecule has 2 bridgehead atoms. The van der Waals surface area contributed by atoms with Crippen molar-refractivity contribution in [2.45, 2.75) is 25.4 Å². The van der Waals surface area contributed by atoms with E-state index in [1.54, 1.807) is 0 Å². The van der Waals surface area contributed by atoms with E-state index in [-0.39, 0.29) is 5.92 Å². The fourth-order valence-corrected chi connectivity index (χ4v) is 4.97.